The molecule has 1 aromatic carbocycles. The van der Waals surface area contributed by atoms with E-state index in [1.807, 2.05) is 30.3 Å². The number of carbonyl (C=O) groups excluding carboxylic acids is 2. The highest BCUT2D eigenvalue weighted by Crippen LogP contribution is 2.25. The number of ether oxygens (including phenoxy) is 3. The third-order valence-electron chi connectivity index (χ3n) is 3.72. The molecule has 132 valence electrons. The summed E-state index contributed by atoms with van der Waals surface area (Å²) in [5, 5.41) is 0. The molecule has 0 bridgehead atoms. The quantitative estimate of drug-likeness (QED) is 0.792. The Labute approximate surface area is 142 Å². The summed E-state index contributed by atoms with van der Waals surface area (Å²) in [6, 6.07) is 8.91. The summed E-state index contributed by atoms with van der Waals surface area (Å²) in [5.41, 5.74) is 0.387. The Morgan fingerprint density at radius 3 is 2.46 bits per heavy atom. The summed E-state index contributed by atoms with van der Waals surface area (Å²) >= 11 is 0. The summed E-state index contributed by atoms with van der Waals surface area (Å²) in [7, 11) is 1.31. The first kappa shape index (κ1) is 18.3. The molecule has 0 aromatic heterocycles. The van der Waals surface area contributed by atoms with Crippen LogP contribution in [0.3, 0.4) is 0 Å². The molecule has 1 aromatic rings. The highest BCUT2D eigenvalue weighted by Gasteiger charge is 2.45. The average molecular weight is 335 g/mol. The molecule has 1 saturated heterocycles. The number of methoxy groups -OCH3 is 1. The minimum atomic E-state index is -0.784. The second-order valence-electron chi connectivity index (χ2n) is 6.77. The SMILES string of the molecule is COC(=O)[C@@H]1[C@@H](OCc2ccccc2)CCN1C(=O)OC(C)(C)C. The van der Waals surface area contributed by atoms with E-state index in [1.165, 1.54) is 12.0 Å². The number of benzene rings is 1. The molecule has 6 heteroatoms. The van der Waals surface area contributed by atoms with Gasteiger partial charge in [-0.05, 0) is 32.8 Å². The predicted molar refractivity (Wildman–Crippen MR) is 88.4 cm³/mol. The molecule has 1 heterocycles. The lowest BCUT2D eigenvalue weighted by atomic mass is 10.1. The monoisotopic (exact) mass is 335 g/mol. The molecule has 0 radical (unpaired) electrons. The summed E-state index contributed by atoms with van der Waals surface area (Å²) in [6.45, 7) is 6.14. The van der Waals surface area contributed by atoms with Crippen molar-refractivity contribution in [3.63, 3.8) is 0 Å². The first-order valence-corrected chi connectivity index (χ1v) is 8.05. The number of rotatable bonds is 4. The third-order valence-corrected chi connectivity index (χ3v) is 3.72. The van der Waals surface area contributed by atoms with Crippen LogP contribution < -0.4 is 0 Å². The van der Waals surface area contributed by atoms with Crippen molar-refractivity contribution in [2.75, 3.05) is 13.7 Å². The van der Waals surface area contributed by atoms with E-state index in [0.717, 1.165) is 5.56 Å². The Hall–Kier alpha value is -2.08. The summed E-state index contributed by atoms with van der Waals surface area (Å²) in [4.78, 5) is 25.9. The van der Waals surface area contributed by atoms with Crippen molar-refractivity contribution in [1.29, 1.82) is 0 Å². The molecule has 0 N–H and O–H groups in total. The fourth-order valence-electron chi connectivity index (χ4n) is 2.64. The molecule has 0 saturated carbocycles. The van der Waals surface area contributed by atoms with Gasteiger partial charge in [0.15, 0.2) is 6.04 Å². The van der Waals surface area contributed by atoms with Gasteiger partial charge in [0.05, 0.1) is 19.8 Å². The molecule has 0 unspecified atom stereocenters. The molecular weight excluding hydrogens is 310 g/mol. The van der Waals surface area contributed by atoms with Crippen molar-refractivity contribution >= 4 is 12.1 Å². The Kier molecular flexibility index (Phi) is 5.83. The Morgan fingerprint density at radius 1 is 1.21 bits per heavy atom. The van der Waals surface area contributed by atoms with Crippen LogP contribution in [-0.4, -0.2) is 48.4 Å². The third kappa shape index (κ3) is 4.71. The average Bonchev–Trinajstić information content (AvgIpc) is 2.95. The number of carbonyl (C=O) groups is 2. The second kappa shape index (κ2) is 7.66. The van der Waals surface area contributed by atoms with E-state index in [-0.39, 0.29) is 0 Å². The fourth-order valence-corrected chi connectivity index (χ4v) is 2.64. The highest BCUT2D eigenvalue weighted by molar-refractivity contribution is 5.83. The summed E-state index contributed by atoms with van der Waals surface area (Å²) in [6.07, 6.45) is -0.375. The Balaban J connectivity index is 2.06. The molecule has 6 nitrogen and oxygen atoms in total. The summed E-state index contributed by atoms with van der Waals surface area (Å²) < 4.78 is 16.1. The highest BCUT2D eigenvalue weighted by atomic mass is 16.6. The molecular formula is C18H25NO5. The van der Waals surface area contributed by atoms with Gasteiger partial charge in [-0.15, -0.1) is 0 Å². The van der Waals surface area contributed by atoms with Gasteiger partial charge in [0.1, 0.15) is 5.60 Å². The molecule has 2 atom stereocenters. The lowest BCUT2D eigenvalue weighted by Crippen LogP contribution is -2.48. The maximum absolute atomic E-state index is 12.4. The van der Waals surface area contributed by atoms with Crippen molar-refractivity contribution in [3.05, 3.63) is 35.9 Å². The van der Waals surface area contributed by atoms with Gasteiger partial charge in [0.25, 0.3) is 0 Å². The van der Waals surface area contributed by atoms with Gasteiger partial charge in [-0.25, -0.2) is 9.59 Å². The maximum Gasteiger partial charge on any atom is 0.411 e. The van der Waals surface area contributed by atoms with E-state index >= 15 is 0 Å². The lowest BCUT2D eigenvalue weighted by Gasteiger charge is -2.29. The standard InChI is InChI=1S/C18H25NO5/c1-18(2,3)24-17(21)19-11-10-14(15(19)16(20)22-4)23-12-13-8-6-5-7-9-13/h5-9,14-15H,10-12H2,1-4H3/t14-,15-/m0/s1. The molecule has 1 fully saturated rings. The Morgan fingerprint density at radius 2 is 1.88 bits per heavy atom. The van der Waals surface area contributed by atoms with E-state index in [0.29, 0.717) is 19.6 Å². The largest absolute Gasteiger partial charge is 0.467 e. The van der Waals surface area contributed by atoms with E-state index in [4.69, 9.17) is 14.2 Å². The van der Waals surface area contributed by atoms with E-state index in [2.05, 4.69) is 0 Å². The topological polar surface area (TPSA) is 65.1 Å². The van der Waals surface area contributed by atoms with Gasteiger partial charge in [-0.1, -0.05) is 30.3 Å². The number of likely N-dealkylation sites (tertiary alicyclic amines) is 1. The fraction of sp³-hybridized carbons (Fsp3) is 0.556. The van der Waals surface area contributed by atoms with E-state index in [1.54, 1.807) is 20.8 Å². The van der Waals surface area contributed by atoms with Gasteiger partial charge in [-0.2, -0.15) is 0 Å². The number of hydrogen-bond acceptors (Lipinski definition) is 5. The van der Waals surface area contributed by atoms with Crippen molar-refractivity contribution in [3.8, 4) is 0 Å². The van der Waals surface area contributed by atoms with Crippen molar-refractivity contribution in [1.82, 2.24) is 4.90 Å². The minimum Gasteiger partial charge on any atom is -0.467 e. The van der Waals surface area contributed by atoms with Crippen LogP contribution in [0.4, 0.5) is 4.79 Å². The van der Waals surface area contributed by atoms with Gasteiger partial charge in [-0.3, -0.25) is 4.90 Å². The molecule has 24 heavy (non-hydrogen) atoms. The van der Waals surface area contributed by atoms with Crippen LogP contribution in [-0.2, 0) is 25.6 Å². The van der Waals surface area contributed by atoms with E-state index < -0.39 is 29.8 Å². The van der Waals surface area contributed by atoms with Crippen LogP contribution in [0.25, 0.3) is 0 Å². The molecule has 1 aliphatic rings. The molecule has 0 spiro atoms. The zero-order valence-corrected chi connectivity index (χ0v) is 14.7. The first-order valence-electron chi connectivity index (χ1n) is 8.05. The molecule has 1 amide bonds. The van der Waals surface area contributed by atoms with Crippen LogP contribution in [0.1, 0.15) is 32.8 Å². The first-order chi connectivity index (χ1) is 11.3. The van der Waals surface area contributed by atoms with Crippen LogP contribution in [0, 0.1) is 0 Å². The molecule has 0 aliphatic carbocycles. The smallest absolute Gasteiger partial charge is 0.411 e. The van der Waals surface area contributed by atoms with Gasteiger partial charge >= 0.3 is 12.1 Å². The number of nitrogens with zero attached hydrogens (tertiary/aromatic N) is 1. The predicted octanol–water partition coefficient (Wildman–Crippen LogP) is 2.75. The number of esters is 1. The van der Waals surface area contributed by atoms with Crippen LogP contribution in [0.15, 0.2) is 30.3 Å². The van der Waals surface area contributed by atoms with Gasteiger partial charge in [0, 0.05) is 6.54 Å². The zero-order valence-electron chi connectivity index (χ0n) is 14.7. The molecule has 2 rings (SSSR count). The molecule has 1 aliphatic heterocycles. The second-order valence-corrected chi connectivity index (χ2v) is 6.77. The minimum absolute atomic E-state index is 0.376. The number of amides is 1. The van der Waals surface area contributed by atoms with Crippen molar-refractivity contribution in [2.24, 2.45) is 0 Å². The van der Waals surface area contributed by atoms with Crippen molar-refractivity contribution in [2.45, 2.75) is 51.5 Å². The van der Waals surface area contributed by atoms with Crippen molar-refractivity contribution < 1.29 is 23.8 Å². The zero-order chi connectivity index (χ0) is 17.7. The van der Waals surface area contributed by atoms with Crippen LogP contribution >= 0.6 is 0 Å². The maximum atomic E-state index is 12.4. The normalized spacial score (nSPS) is 20.8. The summed E-state index contributed by atoms with van der Waals surface area (Å²) in [5.74, 6) is -0.489. The Bertz CT molecular complexity index is 567. The van der Waals surface area contributed by atoms with Crippen LogP contribution in [0.5, 0.6) is 0 Å². The van der Waals surface area contributed by atoms with E-state index in [9.17, 15) is 9.59 Å². The number of hydrogen-bond donors (Lipinski definition) is 0. The van der Waals surface area contributed by atoms with Crippen LogP contribution in [0.2, 0.25) is 0 Å². The van der Waals surface area contributed by atoms with Gasteiger partial charge < -0.3 is 14.2 Å². The van der Waals surface area contributed by atoms with Gasteiger partial charge in [0.2, 0.25) is 0 Å². The lowest BCUT2D eigenvalue weighted by molar-refractivity contribution is -0.150.